The number of rotatable bonds is 2. The molecule has 1 aliphatic heterocycles. The van der Waals surface area contributed by atoms with Crippen LogP contribution < -0.4 is 0 Å². The van der Waals surface area contributed by atoms with Crippen molar-refractivity contribution in [1.82, 2.24) is 0 Å². The van der Waals surface area contributed by atoms with Crippen LogP contribution in [-0.2, 0) is 4.74 Å². The first-order chi connectivity index (χ1) is 8.84. The maximum atomic E-state index is 12.4. The number of ketones is 1. The van der Waals surface area contributed by atoms with Gasteiger partial charge in [-0.3, -0.25) is 4.79 Å². The van der Waals surface area contributed by atoms with Gasteiger partial charge in [0.1, 0.15) is 0 Å². The molecule has 1 unspecified atom stereocenters. The van der Waals surface area contributed by atoms with Gasteiger partial charge in [0.05, 0.1) is 6.61 Å². The molecule has 1 aliphatic rings. The van der Waals surface area contributed by atoms with Crippen molar-refractivity contribution in [3.8, 4) is 0 Å². The fourth-order valence-electron chi connectivity index (χ4n) is 2.53. The summed E-state index contributed by atoms with van der Waals surface area (Å²) in [6.45, 7) is 1.37. The number of Topliss-reactive ketones (excluding diaryl/α,β-unsaturated/α-hetero) is 1. The Morgan fingerprint density at radius 3 is 2.72 bits per heavy atom. The highest BCUT2D eigenvalue weighted by molar-refractivity contribution is 6.01. The number of benzene rings is 2. The predicted molar refractivity (Wildman–Crippen MR) is 71.8 cm³/mol. The molecule has 2 aromatic carbocycles. The van der Waals surface area contributed by atoms with Gasteiger partial charge in [0.2, 0.25) is 0 Å². The predicted octanol–water partition coefficient (Wildman–Crippen LogP) is 3.45. The van der Waals surface area contributed by atoms with Crippen LogP contribution in [0.4, 0.5) is 0 Å². The Bertz CT molecular complexity index is 568. The lowest BCUT2D eigenvalue weighted by Gasteiger charge is -2.20. The summed E-state index contributed by atoms with van der Waals surface area (Å²) in [5, 5.41) is 2.30. The second kappa shape index (κ2) is 4.91. The van der Waals surface area contributed by atoms with Gasteiger partial charge in [-0.05, 0) is 29.7 Å². The Labute approximate surface area is 107 Å². The number of hydrogen-bond acceptors (Lipinski definition) is 2. The molecule has 1 atom stereocenters. The Hall–Kier alpha value is -1.67. The quantitative estimate of drug-likeness (QED) is 0.751. The van der Waals surface area contributed by atoms with Crippen LogP contribution in [0.25, 0.3) is 10.8 Å². The van der Waals surface area contributed by atoms with E-state index in [1.54, 1.807) is 0 Å². The van der Waals surface area contributed by atoms with Crippen LogP contribution >= 0.6 is 0 Å². The molecule has 0 spiro atoms. The molecule has 0 N–H and O–H groups in total. The molecule has 1 heterocycles. The van der Waals surface area contributed by atoms with E-state index in [2.05, 4.69) is 6.07 Å². The number of fused-ring (bicyclic) bond motifs is 1. The molecule has 18 heavy (non-hydrogen) atoms. The van der Waals surface area contributed by atoms with E-state index in [-0.39, 0.29) is 11.7 Å². The lowest BCUT2D eigenvalue weighted by atomic mass is 9.92. The van der Waals surface area contributed by atoms with Crippen LogP contribution in [0.1, 0.15) is 23.2 Å². The third-order valence-electron chi connectivity index (χ3n) is 3.57. The lowest BCUT2D eigenvalue weighted by Crippen LogP contribution is -2.25. The second-order valence-electron chi connectivity index (χ2n) is 4.84. The molecule has 2 nitrogen and oxygen atoms in total. The van der Waals surface area contributed by atoms with Gasteiger partial charge in [0.25, 0.3) is 0 Å². The van der Waals surface area contributed by atoms with Gasteiger partial charge in [-0.1, -0.05) is 36.4 Å². The normalized spacial score (nSPS) is 19.9. The van der Waals surface area contributed by atoms with Crippen LogP contribution in [0.2, 0.25) is 0 Å². The smallest absolute Gasteiger partial charge is 0.168 e. The average molecular weight is 240 g/mol. The van der Waals surface area contributed by atoms with Crippen molar-refractivity contribution in [2.45, 2.75) is 12.8 Å². The van der Waals surface area contributed by atoms with Crippen LogP contribution in [0.15, 0.2) is 42.5 Å². The molecule has 1 saturated heterocycles. The molecular weight excluding hydrogens is 224 g/mol. The largest absolute Gasteiger partial charge is 0.381 e. The lowest BCUT2D eigenvalue weighted by molar-refractivity contribution is 0.0461. The van der Waals surface area contributed by atoms with E-state index in [1.807, 2.05) is 36.4 Å². The van der Waals surface area contributed by atoms with E-state index in [4.69, 9.17) is 4.74 Å². The number of carbonyl (C=O) groups is 1. The van der Waals surface area contributed by atoms with E-state index in [9.17, 15) is 4.79 Å². The van der Waals surface area contributed by atoms with Crippen molar-refractivity contribution in [3.63, 3.8) is 0 Å². The molecule has 1 fully saturated rings. The van der Waals surface area contributed by atoms with E-state index < -0.39 is 0 Å². The van der Waals surface area contributed by atoms with E-state index >= 15 is 0 Å². The number of ether oxygens (including phenoxy) is 1. The van der Waals surface area contributed by atoms with Crippen LogP contribution in [0.5, 0.6) is 0 Å². The zero-order chi connectivity index (χ0) is 12.4. The number of hydrogen-bond donors (Lipinski definition) is 0. The summed E-state index contributed by atoms with van der Waals surface area (Å²) in [5.41, 5.74) is 0.809. The van der Waals surface area contributed by atoms with Crippen molar-refractivity contribution in [2.75, 3.05) is 13.2 Å². The molecule has 2 heteroatoms. The molecule has 3 rings (SSSR count). The molecule has 0 aromatic heterocycles. The zero-order valence-corrected chi connectivity index (χ0v) is 10.3. The average Bonchev–Trinajstić information content (AvgIpc) is 2.47. The third-order valence-corrected chi connectivity index (χ3v) is 3.57. The van der Waals surface area contributed by atoms with E-state index in [0.29, 0.717) is 6.61 Å². The van der Waals surface area contributed by atoms with Gasteiger partial charge in [0.15, 0.2) is 5.78 Å². The van der Waals surface area contributed by atoms with Crippen molar-refractivity contribution in [2.24, 2.45) is 5.92 Å². The van der Waals surface area contributed by atoms with Gasteiger partial charge >= 0.3 is 0 Å². The Kier molecular flexibility index (Phi) is 3.11. The van der Waals surface area contributed by atoms with Crippen LogP contribution in [0.3, 0.4) is 0 Å². The molecule has 0 amide bonds. The van der Waals surface area contributed by atoms with Crippen molar-refractivity contribution in [3.05, 3.63) is 48.0 Å². The minimum Gasteiger partial charge on any atom is -0.381 e. The maximum absolute atomic E-state index is 12.4. The second-order valence-corrected chi connectivity index (χ2v) is 4.84. The van der Waals surface area contributed by atoms with Gasteiger partial charge in [-0.15, -0.1) is 0 Å². The van der Waals surface area contributed by atoms with Crippen molar-refractivity contribution >= 4 is 16.6 Å². The fraction of sp³-hybridized carbons (Fsp3) is 0.312. The summed E-state index contributed by atoms with van der Waals surface area (Å²) < 4.78 is 5.39. The van der Waals surface area contributed by atoms with Gasteiger partial charge in [0, 0.05) is 18.1 Å². The third kappa shape index (κ3) is 2.16. The monoisotopic (exact) mass is 240 g/mol. The van der Waals surface area contributed by atoms with E-state index in [1.165, 1.54) is 5.39 Å². The first kappa shape index (κ1) is 11.4. The number of carbonyl (C=O) groups excluding carboxylic acids is 1. The molecule has 0 radical (unpaired) electrons. The highest BCUT2D eigenvalue weighted by Gasteiger charge is 2.22. The molecule has 0 saturated carbocycles. The standard InChI is InChI=1S/C16H16O2/c17-16(15-6-3-9-18-11-15)14-8-7-12-4-1-2-5-13(12)10-14/h1-2,4-5,7-8,10,15H,3,6,9,11H2. The molecule has 0 aliphatic carbocycles. The summed E-state index contributed by atoms with van der Waals surface area (Å²) in [6, 6.07) is 14.1. The highest BCUT2D eigenvalue weighted by atomic mass is 16.5. The summed E-state index contributed by atoms with van der Waals surface area (Å²) in [6.07, 6.45) is 1.94. The maximum Gasteiger partial charge on any atom is 0.168 e. The Morgan fingerprint density at radius 1 is 1.11 bits per heavy atom. The first-order valence-corrected chi connectivity index (χ1v) is 6.45. The van der Waals surface area contributed by atoms with Crippen LogP contribution in [0, 0.1) is 5.92 Å². The molecule has 92 valence electrons. The van der Waals surface area contributed by atoms with Gasteiger partial charge in [-0.2, -0.15) is 0 Å². The Balaban J connectivity index is 1.91. The van der Waals surface area contributed by atoms with Gasteiger partial charge in [-0.25, -0.2) is 0 Å². The summed E-state index contributed by atoms with van der Waals surface area (Å²) in [7, 11) is 0. The zero-order valence-electron chi connectivity index (χ0n) is 10.3. The summed E-state index contributed by atoms with van der Waals surface area (Å²) >= 11 is 0. The molecule has 0 bridgehead atoms. The summed E-state index contributed by atoms with van der Waals surface area (Å²) in [5.74, 6) is 0.264. The SMILES string of the molecule is O=C(c1ccc2ccccc2c1)C1CCCOC1. The Morgan fingerprint density at radius 2 is 1.94 bits per heavy atom. The van der Waals surface area contributed by atoms with Gasteiger partial charge < -0.3 is 4.74 Å². The van der Waals surface area contributed by atoms with Crippen molar-refractivity contribution < 1.29 is 9.53 Å². The first-order valence-electron chi connectivity index (χ1n) is 6.45. The van der Waals surface area contributed by atoms with E-state index in [0.717, 1.165) is 30.4 Å². The minimum atomic E-state index is 0.0416. The summed E-state index contributed by atoms with van der Waals surface area (Å²) in [4.78, 5) is 12.4. The van der Waals surface area contributed by atoms with Crippen LogP contribution in [-0.4, -0.2) is 19.0 Å². The molecular formula is C16H16O2. The fourth-order valence-corrected chi connectivity index (χ4v) is 2.53. The van der Waals surface area contributed by atoms with Crippen molar-refractivity contribution in [1.29, 1.82) is 0 Å². The topological polar surface area (TPSA) is 26.3 Å². The molecule has 2 aromatic rings. The highest BCUT2D eigenvalue weighted by Crippen LogP contribution is 2.22. The minimum absolute atomic E-state index is 0.0416.